The van der Waals surface area contributed by atoms with Crippen molar-refractivity contribution in [1.29, 1.82) is 0 Å². The van der Waals surface area contributed by atoms with Crippen molar-refractivity contribution in [3.8, 4) is 0 Å². The average Bonchev–Trinajstić information content (AvgIpc) is 2.16. The van der Waals surface area contributed by atoms with Gasteiger partial charge in [0, 0.05) is 6.92 Å². The Kier molecular flexibility index (Phi) is 16.5. The van der Waals surface area contributed by atoms with E-state index >= 15 is 0 Å². The molecule has 96 valence electrons. The van der Waals surface area contributed by atoms with Crippen molar-refractivity contribution in [3.05, 3.63) is 0 Å². The second kappa shape index (κ2) is 13.3. The summed E-state index contributed by atoms with van der Waals surface area (Å²) in [6.45, 7) is 1.92. The molecule has 0 rings (SSSR count). The zero-order valence-electron chi connectivity index (χ0n) is 8.95. The van der Waals surface area contributed by atoms with Crippen molar-refractivity contribution >= 4 is 17.9 Å². The van der Waals surface area contributed by atoms with Gasteiger partial charge < -0.3 is 25.5 Å². The number of aliphatic hydroxyl groups excluding tert-OH is 2. The third-order valence-electron chi connectivity index (χ3n) is 0.807. The Morgan fingerprint density at radius 2 is 1.38 bits per heavy atom. The molecule has 0 heterocycles. The summed E-state index contributed by atoms with van der Waals surface area (Å²) in [7, 11) is 0. The van der Waals surface area contributed by atoms with Gasteiger partial charge in [-0.15, -0.1) is 0 Å². The van der Waals surface area contributed by atoms with Crippen LogP contribution in [-0.4, -0.2) is 56.2 Å². The second-order valence-electron chi connectivity index (χ2n) is 2.33. The van der Waals surface area contributed by atoms with E-state index in [9.17, 15) is 4.79 Å². The lowest BCUT2D eigenvalue weighted by Crippen LogP contribution is -2.17. The van der Waals surface area contributed by atoms with Crippen molar-refractivity contribution in [3.63, 3.8) is 0 Å². The molecule has 0 aliphatic heterocycles. The predicted molar refractivity (Wildman–Crippen MR) is 52.0 cm³/mol. The first kappa shape index (κ1) is 19.8. The molecule has 0 saturated carbocycles. The lowest BCUT2D eigenvalue weighted by molar-refractivity contribution is -0.146. The highest BCUT2D eigenvalue weighted by Gasteiger charge is 2.07. The normalized spacial score (nSPS) is 9.75. The molecule has 0 fully saturated rings. The van der Waals surface area contributed by atoms with Gasteiger partial charge in [0.05, 0.1) is 0 Å². The molecule has 1 unspecified atom stereocenters. The molecule has 0 aromatic heterocycles. The lowest BCUT2D eigenvalue weighted by Gasteiger charge is -1.95. The van der Waals surface area contributed by atoms with Crippen molar-refractivity contribution in [1.82, 2.24) is 0 Å². The molecule has 16 heavy (non-hydrogen) atoms. The highest BCUT2D eigenvalue weighted by molar-refractivity contribution is 5.71. The Labute approximate surface area is 91.8 Å². The van der Waals surface area contributed by atoms with Crippen molar-refractivity contribution < 1.29 is 39.9 Å². The van der Waals surface area contributed by atoms with Crippen molar-refractivity contribution in [2.75, 3.05) is 6.61 Å². The maximum Gasteiger partial charge on any atom is 0.332 e. The van der Waals surface area contributed by atoms with Crippen LogP contribution in [0.1, 0.15) is 20.3 Å². The van der Waals surface area contributed by atoms with E-state index in [0.717, 1.165) is 6.92 Å². The number of aliphatic hydroxyl groups is 2. The van der Waals surface area contributed by atoms with Gasteiger partial charge in [0.25, 0.3) is 5.97 Å². The first-order valence-corrected chi connectivity index (χ1v) is 4.12. The molecule has 1 atom stereocenters. The molecule has 0 saturated heterocycles. The fourth-order valence-electron chi connectivity index (χ4n) is 0.175. The molecule has 0 aliphatic carbocycles. The molecule has 5 N–H and O–H groups in total. The summed E-state index contributed by atoms with van der Waals surface area (Å²) in [6.07, 6.45) is -0.907. The third-order valence-corrected chi connectivity index (χ3v) is 0.807. The summed E-state index contributed by atoms with van der Waals surface area (Å²) >= 11 is 0. The molecule has 0 aromatic carbocycles. The van der Waals surface area contributed by atoms with Crippen LogP contribution in [0.2, 0.25) is 0 Å². The fourth-order valence-corrected chi connectivity index (χ4v) is 0.175. The van der Waals surface area contributed by atoms with Crippen molar-refractivity contribution in [2.45, 2.75) is 26.4 Å². The summed E-state index contributed by atoms with van der Waals surface area (Å²) in [5.74, 6) is -3.17. The van der Waals surface area contributed by atoms with Crippen LogP contribution in [0, 0.1) is 0 Å². The number of carboxylic acids is 3. The van der Waals surface area contributed by atoms with Gasteiger partial charge in [-0.3, -0.25) is 4.79 Å². The molecular formula is C8H16O8. The Balaban J connectivity index is -0.000000166. The van der Waals surface area contributed by atoms with Gasteiger partial charge in [-0.1, -0.05) is 6.92 Å². The van der Waals surface area contributed by atoms with Gasteiger partial charge in [-0.2, -0.15) is 0 Å². The second-order valence-corrected chi connectivity index (χ2v) is 2.33. The number of carbonyl (C=O) groups is 3. The SMILES string of the molecule is CC(=O)O.CCC(O)C(=O)O.O=C(O)CO. The van der Waals surface area contributed by atoms with Crippen LogP contribution in [0.5, 0.6) is 0 Å². The molecular weight excluding hydrogens is 224 g/mol. The molecule has 0 radical (unpaired) electrons. The van der Waals surface area contributed by atoms with Crippen LogP contribution in [0.15, 0.2) is 0 Å². The summed E-state index contributed by atoms with van der Waals surface area (Å²) < 4.78 is 0. The molecule has 0 amide bonds. The number of rotatable bonds is 3. The molecule has 0 spiro atoms. The van der Waals surface area contributed by atoms with Crippen LogP contribution >= 0.6 is 0 Å². The third kappa shape index (κ3) is 39.5. The first-order chi connectivity index (χ1) is 7.18. The maximum atomic E-state index is 9.68. The molecule has 8 heteroatoms. The minimum Gasteiger partial charge on any atom is -0.481 e. The number of hydrogen-bond donors (Lipinski definition) is 5. The molecule has 0 bridgehead atoms. The standard InChI is InChI=1S/C4H8O3.C2H4O3.C2H4O2/c1-2-3(5)4(6)7;3-1-2(4)5;1-2(3)4/h3,5H,2H2,1H3,(H,6,7);3H,1H2,(H,4,5);1H3,(H,3,4). The Bertz CT molecular complexity index is 208. The van der Waals surface area contributed by atoms with Gasteiger partial charge in [0.2, 0.25) is 0 Å². The number of aliphatic carboxylic acids is 3. The number of hydrogen-bond acceptors (Lipinski definition) is 5. The minimum atomic E-state index is -1.19. The van der Waals surface area contributed by atoms with E-state index in [1.54, 1.807) is 6.92 Å². The van der Waals surface area contributed by atoms with Crippen LogP contribution in [0.25, 0.3) is 0 Å². The quantitative estimate of drug-likeness (QED) is 0.421. The van der Waals surface area contributed by atoms with Gasteiger partial charge in [0.1, 0.15) is 6.61 Å². The molecule has 0 aliphatic rings. The van der Waals surface area contributed by atoms with E-state index in [1.807, 2.05) is 0 Å². The van der Waals surface area contributed by atoms with Gasteiger partial charge in [0.15, 0.2) is 6.10 Å². The summed E-state index contributed by atoms with van der Waals surface area (Å²) in [4.78, 5) is 27.8. The summed E-state index contributed by atoms with van der Waals surface area (Å²) in [5.41, 5.74) is 0. The Hall–Kier alpha value is -1.67. The fraction of sp³-hybridized carbons (Fsp3) is 0.625. The average molecular weight is 240 g/mol. The zero-order valence-corrected chi connectivity index (χ0v) is 8.95. The van der Waals surface area contributed by atoms with Gasteiger partial charge in [-0.05, 0) is 6.42 Å². The Morgan fingerprint density at radius 1 is 1.12 bits per heavy atom. The molecule has 0 aromatic rings. The smallest absolute Gasteiger partial charge is 0.332 e. The van der Waals surface area contributed by atoms with E-state index in [0.29, 0.717) is 0 Å². The number of carboxylic acid groups (broad SMARTS) is 3. The van der Waals surface area contributed by atoms with E-state index in [1.165, 1.54) is 0 Å². The topological polar surface area (TPSA) is 152 Å². The van der Waals surface area contributed by atoms with Crippen LogP contribution in [0.4, 0.5) is 0 Å². The first-order valence-electron chi connectivity index (χ1n) is 4.12. The minimum absolute atomic E-state index is 0.273. The van der Waals surface area contributed by atoms with Crippen LogP contribution in [-0.2, 0) is 14.4 Å². The lowest BCUT2D eigenvalue weighted by atomic mass is 10.3. The largest absolute Gasteiger partial charge is 0.481 e. The van der Waals surface area contributed by atoms with E-state index in [-0.39, 0.29) is 6.42 Å². The zero-order chi connectivity index (χ0) is 13.7. The van der Waals surface area contributed by atoms with E-state index in [2.05, 4.69) is 0 Å². The maximum absolute atomic E-state index is 9.68. The highest BCUT2D eigenvalue weighted by atomic mass is 16.4. The monoisotopic (exact) mass is 240 g/mol. The van der Waals surface area contributed by atoms with E-state index in [4.69, 9.17) is 35.1 Å². The van der Waals surface area contributed by atoms with Gasteiger partial charge in [-0.25, -0.2) is 9.59 Å². The van der Waals surface area contributed by atoms with Crippen LogP contribution < -0.4 is 0 Å². The Morgan fingerprint density at radius 3 is 1.38 bits per heavy atom. The predicted octanol–water partition coefficient (Wildman–Crippen LogP) is -1.00. The summed E-state index contributed by atoms with van der Waals surface area (Å²) in [5, 5.41) is 38.7. The molecule has 8 nitrogen and oxygen atoms in total. The highest BCUT2D eigenvalue weighted by Crippen LogP contribution is 1.86. The van der Waals surface area contributed by atoms with Gasteiger partial charge >= 0.3 is 11.9 Å². The van der Waals surface area contributed by atoms with E-state index < -0.39 is 30.6 Å². The summed E-state index contributed by atoms with van der Waals surface area (Å²) in [6, 6.07) is 0. The van der Waals surface area contributed by atoms with Crippen LogP contribution in [0.3, 0.4) is 0 Å². The van der Waals surface area contributed by atoms with Crippen molar-refractivity contribution in [2.24, 2.45) is 0 Å².